The van der Waals surface area contributed by atoms with Gasteiger partial charge in [0, 0.05) is 12.0 Å². The summed E-state index contributed by atoms with van der Waals surface area (Å²) in [5.74, 6) is 1.35. The Morgan fingerprint density at radius 3 is 2.96 bits per heavy atom. The van der Waals surface area contributed by atoms with E-state index in [-0.39, 0.29) is 17.2 Å². The molecule has 0 radical (unpaired) electrons. The molecule has 5 rings (SSSR count). The SMILES string of the molecule is O=c1[nH]c(NC2CC3(CCNCC3)Oc3ccccc32)nc2[nH]ncc12. The molecule has 1 aromatic carbocycles. The van der Waals surface area contributed by atoms with Gasteiger partial charge in [0.2, 0.25) is 5.95 Å². The molecule has 4 N–H and O–H groups in total. The number of para-hydroxylation sites is 1. The number of nitrogens with one attached hydrogen (secondary N) is 4. The van der Waals surface area contributed by atoms with E-state index < -0.39 is 0 Å². The minimum atomic E-state index is -0.205. The molecule has 0 bridgehead atoms. The number of fused-ring (bicyclic) bond motifs is 2. The zero-order chi connectivity index (χ0) is 17.6. The van der Waals surface area contributed by atoms with Crippen molar-refractivity contribution < 1.29 is 4.74 Å². The molecule has 134 valence electrons. The van der Waals surface area contributed by atoms with Crippen molar-refractivity contribution in [3.63, 3.8) is 0 Å². The minimum Gasteiger partial charge on any atom is -0.487 e. The van der Waals surface area contributed by atoms with Gasteiger partial charge < -0.3 is 15.4 Å². The topological polar surface area (TPSA) is 108 Å². The van der Waals surface area contributed by atoms with Crippen LogP contribution in [0.15, 0.2) is 35.3 Å². The summed E-state index contributed by atoms with van der Waals surface area (Å²) in [6.07, 6.45) is 4.24. The monoisotopic (exact) mass is 352 g/mol. The largest absolute Gasteiger partial charge is 0.487 e. The Kier molecular flexibility index (Phi) is 3.46. The maximum absolute atomic E-state index is 12.2. The van der Waals surface area contributed by atoms with Crippen molar-refractivity contribution in [2.45, 2.75) is 30.9 Å². The highest BCUT2D eigenvalue weighted by Crippen LogP contribution is 2.44. The highest BCUT2D eigenvalue weighted by atomic mass is 16.5. The number of ether oxygens (including phenoxy) is 1. The molecule has 1 unspecified atom stereocenters. The van der Waals surface area contributed by atoms with Crippen molar-refractivity contribution >= 4 is 17.0 Å². The lowest BCUT2D eigenvalue weighted by Crippen LogP contribution is -2.50. The number of piperidine rings is 1. The lowest BCUT2D eigenvalue weighted by Gasteiger charge is -2.44. The van der Waals surface area contributed by atoms with Gasteiger partial charge in [-0.1, -0.05) is 18.2 Å². The van der Waals surface area contributed by atoms with E-state index in [4.69, 9.17) is 4.74 Å². The van der Waals surface area contributed by atoms with Crippen LogP contribution in [0.3, 0.4) is 0 Å². The molecule has 2 aliphatic heterocycles. The Balaban J connectivity index is 1.52. The summed E-state index contributed by atoms with van der Waals surface area (Å²) >= 11 is 0. The number of nitrogens with zero attached hydrogens (tertiary/aromatic N) is 2. The van der Waals surface area contributed by atoms with Crippen LogP contribution in [-0.4, -0.2) is 38.9 Å². The third-order valence-electron chi connectivity index (χ3n) is 5.34. The summed E-state index contributed by atoms with van der Waals surface area (Å²) in [5.41, 5.74) is 1.18. The first-order valence-corrected chi connectivity index (χ1v) is 8.91. The van der Waals surface area contributed by atoms with Gasteiger partial charge in [0.05, 0.1) is 12.2 Å². The Morgan fingerprint density at radius 1 is 1.23 bits per heavy atom. The number of aromatic nitrogens is 4. The zero-order valence-electron chi connectivity index (χ0n) is 14.2. The molecule has 8 heteroatoms. The first kappa shape index (κ1) is 15.4. The molecule has 1 saturated heterocycles. The number of benzene rings is 1. The fourth-order valence-electron chi connectivity index (χ4n) is 4.01. The molecule has 8 nitrogen and oxygen atoms in total. The molecule has 26 heavy (non-hydrogen) atoms. The van der Waals surface area contributed by atoms with Crippen LogP contribution < -0.4 is 20.9 Å². The molecule has 4 heterocycles. The molecular formula is C18H20N6O2. The zero-order valence-corrected chi connectivity index (χ0v) is 14.2. The van der Waals surface area contributed by atoms with Crippen molar-refractivity contribution in [3.8, 4) is 5.75 Å². The number of H-pyrrole nitrogens is 2. The maximum Gasteiger partial charge on any atom is 0.263 e. The number of rotatable bonds is 2. The van der Waals surface area contributed by atoms with Gasteiger partial charge in [-0.05, 0) is 32.0 Å². The van der Waals surface area contributed by atoms with E-state index in [9.17, 15) is 4.79 Å². The molecule has 3 aromatic rings. The van der Waals surface area contributed by atoms with E-state index >= 15 is 0 Å². The second kappa shape index (κ2) is 5.84. The van der Waals surface area contributed by atoms with Gasteiger partial charge in [0.25, 0.3) is 5.56 Å². The summed E-state index contributed by atoms with van der Waals surface area (Å²) in [6, 6.07) is 8.09. The maximum atomic E-state index is 12.2. The van der Waals surface area contributed by atoms with Crippen LogP contribution in [0.4, 0.5) is 5.95 Å². The predicted octanol–water partition coefficient (Wildman–Crippen LogP) is 1.70. The van der Waals surface area contributed by atoms with Crippen LogP contribution in [0.5, 0.6) is 5.75 Å². The normalized spacial score (nSPS) is 21.3. The highest BCUT2D eigenvalue weighted by molar-refractivity contribution is 5.73. The second-order valence-corrected chi connectivity index (χ2v) is 7.02. The molecule has 1 atom stereocenters. The summed E-state index contributed by atoms with van der Waals surface area (Å²) < 4.78 is 6.42. The lowest BCUT2D eigenvalue weighted by atomic mass is 9.81. The van der Waals surface area contributed by atoms with Gasteiger partial charge in [-0.25, -0.2) is 0 Å². The minimum absolute atomic E-state index is 0.0153. The smallest absolute Gasteiger partial charge is 0.263 e. The predicted molar refractivity (Wildman–Crippen MR) is 97.4 cm³/mol. The molecule has 1 fully saturated rings. The van der Waals surface area contributed by atoms with Crippen LogP contribution in [0, 0.1) is 0 Å². The van der Waals surface area contributed by atoms with E-state index in [1.54, 1.807) is 0 Å². The van der Waals surface area contributed by atoms with Crippen molar-refractivity contribution in [3.05, 3.63) is 46.4 Å². The Morgan fingerprint density at radius 2 is 2.08 bits per heavy atom. The van der Waals surface area contributed by atoms with Crippen LogP contribution in [-0.2, 0) is 0 Å². The average molecular weight is 352 g/mol. The first-order chi connectivity index (χ1) is 12.7. The second-order valence-electron chi connectivity index (χ2n) is 7.02. The number of anilines is 1. The molecule has 1 spiro atoms. The standard InChI is InChI=1S/C18H20N6O2/c25-16-12-10-20-24-15(12)22-17(23-16)21-13-9-18(5-7-19-8-6-18)26-14-4-2-1-3-11(13)14/h1-4,10,13,19H,5-9H2,(H3,20,21,22,23,24,25). The summed E-state index contributed by atoms with van der Waals surface area (Å²) in [7, 11) is 0. The van der Waals surface area contributed by atoms with E-state index in [1.807, 2.05) is 18.2 Å². The highest BCUT2D eigenvalue weighted by Gasteiger charge is 2.42. The van der Waals surface area contributed by atoms with Crippen LogP contribution in [0.2, 0.25) is 0 Å². The van der Waals surface area contributed by atoms with Gasteiger partial charge in [-0.15, -0.1) is 0 Å². The quantitative estimate of drug-likeness (QED) is 0.559. The number of aromatic amines is 2. The first-order valence-electron chi connectivity index (χ1n) is 8.91. The van der Waals surface area contributed by atoms with Crippen molar-refractivity contribution in [1.29, 1.82) is 0 Å². The van der Waals surface area contributed by atoms with Gasteiger partial charge in [-0.3, -0.25) is 14.9 Å². The Labute approximate surface area is 149 Å². The van der Waals surface area contributed by atoms with E-state index in [0.717, 1.165) is 43.7 Å². The van der Waals surface area contributed by atoms with Gasteiger partial charge >= 0.3 is 0 Å². The van der Waals surface area contributed by atoms with Crippen LogP contribution in [0.1, 0.15) is 30.9 Å². The van der Waals surface area contributed by atoms with E-state index in [2.05, 4.69) is 36.9 Å². The third kappa shape index (κ3) is 2.53. The van der Waals surface area contributed by atoms with Crippen molar-refractivity contribution in [2.24, 2.45) is 0 Å². The van der Waals surface area contributed by atoms with Gasteiger partial charge in [0.1, 0.15) is 16.7 Å². The van der Waals surface area contributed by atoms with Crippen LogP contribution in [0.25, 0.3) is 11.0 Å². The summed E-state index contributed by atoms with van der Waals surface area (Å²) in [6.45, 7) is 1.90. The molecule has 0 aliphatic carbocycles. The van der Waals surface area contributed by atoms with Crippen molar-refractivity contribution in [2.75, 3.05) is 18.4 Å². The lowest BCUT2D eigenvalue weighted by molar-refractivity contribution is 0.0101. The van der Waals surface area contributed by atoms with E-state index in [0.29, 0.717) is 17.0 Å². The third-order valence-corrected chi connectivity index (χ3v) is 5.34. The van der Waals surface area contributed by atoms with Gasteiger partial charge in [-0.2, -0.15) is 10.1 Å². The molecule has 2 aliphatic rings. The Bertz CT molecular complexity index is 1000. The van der Waals surface area contributed by atoms with E-state index in [1.165, 1.54) is 6.20 Å². The van der Waals surface area contributed by atoms with Crippen molar-refractivity contribution in [1.82, 2.24) is 25.5 Å². The number of hydrogen-bond donors (Lipinski definition) is 4. The molecular weight excluding hydrogens is 332 g/mol. The fourth-order valence-corrected chi connectivity index (χ4v) is 4.01. The average Bonchev–Trinajstić information content (AvgIpc) is 3.11. The Hall–Kier alpha value is -2.87. The molecule has 2 aromatic heterocycles. The fraction of sp³-hybridized carbons (Fsp3) is 0.389. The summed E-state index contributed by atoms with van der Waals surface area (Å²) in [5, 5.41) is 13.9. The number of hydrogen-bond acceptors (Lipinski definition) is 6. The molecule has 0 saturated carbocycles. The summed E-state index contributed by atoms with van der Waals surface area (Å²) in [4.78, 5) is 19.5. The molecule has 0 amide bonds. The van der Waals surface area contributed by atoms with Crippen LogP contribution >= 0.6 is 0 Å². The van der Waals surface area contributed by atoms with Gasteiger partial charge in [0.15, 0.2) is 5.65 Å².